The van der Waals surface area contributed by atoms with Crippen LogP contribution in [0.4, 0.5) is 5.69 Å². The van der Waals surface area contributed by atoms with E-state index in [2.05, 4.69) is 26.2 Å². The molecule has 2 aromatic carbocycles. The van der Waals surface area contributed by atoms with E-state index < -0.39 is 5.91 Å². The van der Waals surface area contributed by atoms with Crippen LogP contribution in [0, 0.1) is 0 Å². The van der Waals surface area contributed by atoms with Gasteiger partial charge in [-0.1, -0.05) is 28.1 Å². The highest BCUT2D eigenvalue weighted by Gasteiger charge is 2.12. The van der Waals surface area contributed by atoms with E-state index in [-0.39, 0.29) is 11.0 Å². The number of anilines is 1. The first-order valence-corrected chi connectivity index (χ1v) is 7.12. The van der Waals surface area contributed by atoms with E-state index in [9.17, 15) is 9.59 Å². The molecule has 2 N–H and O–H groups in total. The standard InChI is InChI=1S/C16H11BrN2O2/c17-10-5-7-11(8-6-10)19-16(21)13-9-18-14-4-2-1-3-12(14)15(13)20/h1-9H,(H,18,20)(H,19,21). The molecule has 0 aliphatic heterocycles. The molecule has 1 heterocycles. The second-order valence-corrected chi connectivity index (χ2v) is 5.45. The van der Waals surface area contributed by atoms with Gasteiger partial charge in [-0.3, -0.25) is 9.59 Å². The van der Waals surface area contributed by atoms with E-state index in [1.807, 2.05) is 18.2 Å². The Morgan fingerprint density at radius 3 is 2.52 bits per heavy atom. The molecule has 0 bridgehead atoms. The minimum Gasteiger partial charge on any atom is -0.360 e. The Labute approximate surface area is 128 Å². The molecular weight excluding hydrogens is 332 g/mol. The van der Waals surface area contributed by atoms with Crippen molar-refractivity contribution in [1.29, 1.82) is 0 Å². The van der Waals surface area contributed by atoms with Crippen molar-refractivity contribution in [3.05, 3.63) is 75.0 Å². The van der Waals surface area contributed by atoms with Crippen LogP contribution in [0.3, 0.4) is 0 Å². The minimum atomic E-state index is -0.427. The topological polar surface area (TPSA) is 62.0 Å². The molecule has 0 aliphatic carbocycles. The lowest BCUT2D eigenvalue weighted by molar-refractivity contribution is 0.102. The van der Waals surface area contributed by atoms with Crippen LogP contribution in [0.15, 0.2) is 64.0 Å². The third-order valence-corrected chi connectivity index (χ3v) is 3.66. The molecule has 1 amide bonds. The number of aromatic amines is 1. The van der Waals surface area contributed by atoms with Crippen LogP contribution in [0.25, 0.3) is 10.9 Å². The Kier molecular flexibility index (Phi) is 3.58. The van der Waals surface area contributed by atoms with Gasteiger partial charge in [-0.05, 0) is 36.4 Å². The summed E-state index contributed by atoms with van der Waals surface area (Å²) in [6.07, 6.45) is 1.44. The van der Waals surface area contributed by atoms with Crippen molar-refractivity contribution in [2.24, 2.45) is 0 Å². The normalized spacial score (nSPS) is 10.5. The van der Waals surface area contributed by atoms with E-state index in [1.54, 1.807) is 30.3 Å². The van der Waals surface area contributed by atoms with E-state index in [4.69, 9.17) is 0 Å². The number of halogens is 1. The lowest BCUT2D eigenvalue weighted by atomic mass is 10.1. The van der Waals surface area contributed by atoms with Crippen molar-refractivity contribution in [3.8, 4) is 0 Å². The molecule has 0 unspecified atom stereocenters. The zero-order chi connectivity index (χ0) is 14.8. The number of H-pyrrole nitrogens is 1. The first kappa shape index (κ1) is 13.6. The van der Waals surface area contributed by atoms with Crippen molar-refractivity contribution in [2.45, 2.75) is 0 Å². The predicted molar refractivity (Wildman–Crippen MR) is 86.7 cm³/mol. The lowest BCUT2D eigenvalue weighted by Gasteiger charge is -2.06. The molecule has 3 aromatic rings. The van der Waals surface area contributed by atoms with Gasteiger partial charge in [-0.25, -0.2) is 0 Å². The van der Waals surface area contributed by atoms with Crippen molar-refractivity contribution in [1.82, 2.24) is 4.98 Å². The van der Waals surface area contributed by atoms with Gasteiger partial charge in [-0.2, -0.15) is 0 Å². The van der Waals surface area contributed by atoms with Gasteiger partial charge in [0, 0.05) is 27.3 Å². The first-order chi connectivity index (χ1) is 10.1. The number of hydrogen-bond donors (Lipinski definition) is 2. The van der Waals surface area contributed by atoms with Gasteiger partial charge in [0.15, 0.2) is 0 Å². The third-order valence-electron chi connectivity index (χ3n) is 3.14. The summed E-state index contributed by atoms with van der Waals surface area (Å²) in [5.74, 6) is -0.427. The number of nitrogens with one attached hydrogen (secondary N) is 2. The number of benzene rings is 2. The summed E-state index contributed by atoms with van der Waals surface area (Å²) >= 11 is 3.33. The van der Waals surface area contributed by atoms with Gasteiger partial charge in [0.25, 0.3) is 5.91 Å². The fourth-order valence-electron chi connectivity index (χ4n) is 2.07. The molecule has 4 nitrogen and oxygen atoms in total. The Bertz CT molecular complexity index is 869. The molecule has 104 valence electrons. The number of fused-ring (bicyclic) bond motifs is 1. The number of pyridine rings is 1. The molecule has 0 saturated heterocycles. The second-order valence-electron chi connectivity index (χ2n) is 4.54. The summed E-state index contributed by atoms with van der Waals surface area (Å²) in [5.41, 5.74) is 1.16. The molecule has 3 rings (SSSR count). The molecule has 5 heteroatoms. The Balaban J connectivity index is 1.96. The van der Waals surface area contributed by atoms with E-state index in [0.717, 1.165) is 4.47 Å². The quantitative estimate of drug-likeness (QED) is 0.748. The molecule has 0 spiro atoms. The summed E-state index contributed by atoms with van der Waals surface area (Å²) in [5, 5.41) is 3.21. The highest BCUT2D eigenvalue weighted by atomic mass is 79.9. The van der Waals surface area contributed by atoms with Crippen LogP contribution >= 0.6 is 15.9 Å². The summed E-state index contributed by atoms with van der Waals surface area (Å²) in [6.45, 7) is 0. The fraction of sp³-hybridized carbons (Fsp3) is 0. The van der Waals surface area contributed by atoms with Gasteiger partial charge >= 0.3 is 0 Å². The maximum absolute atomic E-state index is 12.3. The molecule has 0 aliphatic rings. The summed E-state index contributed by atoms with van der Waals surface area (Å²) in [6, 6.07) is 14.3. The molecule has 0 radical (unpaired) electrons. The number of aromatic nitrogens is 1. The van der Waals surface area contributed by atoms with Crippen LogP contribution < -0.4 is 10.7 Å². The lowest BCUT2D eigenvalue weighted by Crippen LogP contribution is -2.21. The Morgan fingerprint density at radius 2 is 1.76 bits per heavy atom. The van der Waals surface area contributed by atoms with Gasteiger partial charge < -0.3 is 10.3 Å². The van der Waals surface area contributed by atoms with Crippen LogP contribution in [0.5, 0.6) is 0 Å². The van der Waals surface area contributed by atoms with Gasteiger partial charge in [-0.15, -0.1) is 0 Å². The number of amides is 1. The minimum absolute atomic E-state index is 0.0941. The maximum atomic E-state index is 12.3. The highest BCUT2D eigenvalue weighted by Crippen LogP contribution is 2.15. The Morgan fingerprint density at radius 1 is 1.05 bits per heavy atom. The van der Waals surface area contributed by atoms with Crippen molar-refractivity contribution >= 4 is 38.4 Å². The van der Waals surface area contributed by atoms with Gasteiger partial charge in [0.05, 0.1) is 0 Å². The second kappa shape index (κ2) is 5.54. The predicted octanol–water partition coefficient (Wildman–Crippen LogP) is 3.54. The van der Waals surface area contributed by atoms with E-state index >= 15 is 0 Å². The molecule has 1 aromatic heterocycles. The summed E-state index contributed by atoms with van der Waals surface area (Å²) in [4.78, 5) is 27.5. The van der Waals surface area contributed by atoms with Gasteiger partial charge in [0.1, 0.15) is 5.56 Å². The number of rotatable bonds is 2. The van der Waals surface area contributed by atoms with Crippen molar-refractivity contribution in [3.63, 3.8) is 0 Å². The maximum Gasteiger partial charge on any atom is 0.261 e. The van der Waals surface area contributed by atoms with E-state index in [1.165, 1.54) is 6.20 Å². The monoisotopic (exact) mass is 342 g/mol. The van der Waals surface area contributed by atoms with E-state index in [0.29, 0.717) is 16.6 Å². The smallest absolute Gasteiger partial charge is 0.261 e. The number of para-hydroxylation sites is 1. The molecule has 21 heavy (non-hydrogen) atoms. The SMILES string of the molecule is O=C(Nc1ccc(Br)cc1)c1c[nH]c2ccccc2c1=O. The van der Waals surface area contributed by atoms with Crippen molar-refractivity contribution in [2.75, 3.05) is 5.32 Å². The zero-order valence-electron chi connectivity index (χ0n) is 10.9. The van der Waals surface area contributed by atoms with Gasteiger partial charge in [0.2, 0.25) is 5.43 Å². The zero-order valence-corrected chi connectivity index (χ0v) is 12.5. The summed E-state index contributed by atoms with van der Waals surface area (Å²) < 4.78 is 0.920. The largest absolute Gasteiger partial charge is 0.360 e. The molecule has 0 fully saturated rings. The van der Waals surface area contributed by atoms with Crippen LogP contribution in [-0.4, -0.2) is 10.9 Å². The fourth-order valence-corrected chi connectivity index (χ4v) is 2.33. The van der Waals surface area contributed by atoms with Crippen molar-refractivity contribution < 1.29 is 4.79 Å². The summed E-state index contributed by atoms with van der Waals surface area (Å²) in [7, 11) is 0. The van der Waals surface area contributed by atoms with Crippen LogP contribution in [-0.2, 0) is 0 Å². The average molecular weight is 343 g/mol. The molecule has 0 atom stereocenters. The average Bonchev–Trinajstić information content (AvgIpc) is 2.50. The highest BCUT2D eigenvalue weighted by molar-refractivity contribution is 9.10. The number of carbonyl (C=O) groups excluding carboxylic acids is 1. The first-order valence-electron chi connectivity index (χ1n) is 6.32. The molecule has 0 saturated carbocycles. The third kappa shape index (κ3) is 2.73. The Hall–Kier alpha value is -2.40. The number of carbonyl (C=O) groups is 1. The van der Waals surface area contributed by atoms with Crippen LogP contribution in [0.2, 0.25) is 0 Å². The van der Waals surface area contributed by atoms with Crippen LogP contribution in [0.1, 0.15) is 10.4 Å². The number of hydrogen-bond acceptors (Lipinski definition) is 2. The molecular formula is C16H11BrN2O2.